The van der Waals surface area contributed by atoms with E-state index in [9.17, 15) is 13.2 Å². The van der Waals surface area contributed by atoms with Crippen molar-refractivity contribution in [1.29, 1.82) is 0 Å². The Morgan fingerprint density at radius 2 is 2.14 bits per heavy atom. The van der Waals surface area contributed by atoms with Crippen molar-refractivity contribution in [2.75, 3.05) is 27.2 Å². The van der Waals surface area contributed by atoms with Crippen LogP contribution in [-0.2, 0) is 12.6 Å². The quantitative estimate of drug-likeness (QED) is 0.409. The van der Waals surface area contributed by atoms with Crippen molar-refractivity contribution in [3.8, 4) is 0 Å². The van der Waals surface area contributed by atoms with Gasteiger partial charge in [0, 0.05) is 39.0 Å². The van der Waals surface area contributed by atoms with E-state index in [1.165, 1.54) is 0 Å². The van der Waals surface area contributed by atoms with E-state index < -0.39 is 11.9 Å². The lowest BCUT2D eigenvalue weighted by Crippen LogP contribution is -2.40. The molecule has 1 rings (SSSR count). The fourth-order valence-electron chi connectivity index (χ4n) is 1.72. The molecule has 0 unspecified atom stereocenters. The summed E-state index contributed by atoms with van der Waals surface area (Å²) in [5, 5.41) is 4.66. The molecule has 0 aliphatic rings. The number of guanidine groups is 1. The van der Waals surface area contributed by atoms with E-state index >= 15 is 0 Å². The first-order chi connectivity index (χ1) is 9.88. The summed E-state index contributed by atoms with van der Waals surface area (Å²) in [5.41, 5.74) is -0.813. The Bertz CT molecular complexity index is 462. The Morgan fingerprint density at radius 1 is 1.45 bits per heavy atom. The molecule has 0 atom stereocenters. The van der Waals surface area contributed by atoms with E-state index in [4.69, 9.17) is 0 Å². The second kappa shape index (κ2) is 10.2. The van der Waals surface area contributed by atoms with Crippen LogP contribution in [0, 0.1) is 0 Å². The molecule has 0 amide bonds. The molecule has 1 N–H and O–H groups in total. The summed E-state index contributed by atoms with van der Waals surface area (Å²) in [7, 11) is 3.63. The summed E-state index contributed by atoms with van der Waals surface area (Å²) in [6.07, 6.45) is -1.75. The molecular weight excluding hydrogens is 428 g/mol. The van der Waals surface area contributed by atoms with Gasteiger partial charge in [0.2, 0.25) is 0 Å². The monoisotopic (exact) mass is 450 g/mol. The molecule has 0 saturated heterocycles. The van der Waals surface area contributed by atoms with Crippen LogP contribution >= 0.6 is 35.3 Å². The predicted molar refractivity (Wildman–Crippen MR) is 95.1 cm³/mol. The van der Waals surface area contributed by atoms with Crippen molar-refractivity contribution in [3.05, 3.63) is 16.1 Å². The topological polar surface area (TPSA) is 40.5 Å². The van der Waals surface area contributed by atoms with Gasteiger partial charge in [0.05, 0.1) is 5.01 Å². The third-order valence-corrected chi connectivity index (χ3v) is 3.79. The third-order valence-electron chi connectivity index (χ3n) is 2.88. The highest BCUT2D eigenvalue weighted by atomic mass is 127. The molecule has 1 heterocycles. The minimum absolute atomic E-state index is 0. The Kier molecular flexibility index (Phi) is 9.97. The van der Waals surface area contributed by atoms with E-state index in [0.717, 1.165) is 42.1 Å². The van der Waals surface area contributed by atoms with Crippen LogP contribution < -0.4 is 5.32 Å². The number of hydrogen-bond donors (Lipinski definition) is 1. The second-order valence-electron chi connectivity index (χ2n) is 4.62. The standard InChI is InChI=1S/C13H21F3N4S.HI/c1-4-5-8-20(3)12(17-2)18-7-6-11-19-10(9-21-11)13(14,15)16;/h9H,4-8H2,1-3H3,(H,17,18);1H. The van der Waals surface area contributed by atoms with Crippen LogP contribution in [-0.4, -0.2) is 43.0 Å². The van der Waals surface area contributed by atoms with Crippen molar-refractivity contribution in [1.82, 2.24) is 15.2 Å². The molecular formula is C13H22F3IN4S. The first-order valence-electron chi connectivity index (χ1n) is 6.81. The number of aliphatic imine (C=N–C) groups is 1. The van der Waals surface area contributed by atoms with Crippen molar-refractivity contribution in [2.24, 2.45) is 4.99 Å². The first-order valence-corrected chi connectivity index (χ1v) is 7.69. The van der Waals surface area contributed by atoms with Gasteiger partial charge in [0.1, 0.15) is 0 Å². The van der Waals surface area contributed by atoms with E-state index in [-0.39, 0.29) is 24.0 Å². The Hall–Kier alpha value is -0.580. The van der Waals surface area contributed by atoms with Crippen LogP contribution in [0.1, 0.15) is 30.5 Å². The van der Waals surface area contributed by atoms with Crippen molar-refractivity contribution < 1.29 is 13.2 Å². The average molecular weight is 450 g/mol. The molecule has 1 aromatic heterocycles. The van der Waals surface area contributed by atoms with Crippen LogP contribution in [0.3, 0.4) is 0 Å². The van der Waals surface area contributed by atoms with E-state index in [1.54, 1.807) is 7.05 Å². The SMILES string of the molecule is CCCCN(C)C(=NC)NCCc1nc(C(F)(F)F)cs1.I. The molecule has 0 bridgehead atoms. The molecule has 0 radical (unpaired) electrons. The van der Waals surface area contributed by atoms with E-state index in [1.807, 2.05) is 11.9 Å². The average Bonchev–Trinajstić information content (AvgIpc) is 2.89. The fraction of sp³-hybridized carbons (Fsp3) is 0.692. The number of hydrogen-bond acceptors (Lipinski definition) is 3. The van der Waals surface area contributed by atoms with Crippen LogP contribution in [0.15, 0.2) is 10.4 Å². The summed E-state index contributed by atoms with van der Waals surface area (Å²) in [6.45, 7) is 3.52. The van der Waals surface area contributed by atoms with Gasteiger partial charge in [-0.3, -0.25) is 4.99 Å². The maximum Gasteiger partial charge on any atom is 0.434 e. The van der Waals surface area contributed by atoms with Crippen LogP contribution in [0.5, 0.6) is 0 Å². The molecule has 0 aliphatic heterocycles. The van der Waals surface area contributed by atoms with Gasteiger partial charge in [0.15, 0.2) is 11.7 Å². The number of aromatic nitrogens is 1. The van der Waals surface area contributed by atoms with Crippen molar-refractivity contribution in [3.63, 3.8) is 0 Å². The molecule has 0 aliphatic carbocycles. The predicted octanol–water partition coefficient (Wildman–Crippen LogP) is 3.63. The van der Waals surface area contributed by atoms with Gasteiger partial charge in [-0.25, -0.2) is 4.98 Å². The summed E-state index contributed by atoms with van der Waals surface area (Å²) >= 11 is 1.03. The summed E-state index contributed by atoms with van der Waals surface area (Å²) in [5.74, 6) is 0.746. The maximum atomic E-state index is 12.4. The second-order valence-corrected chi connectivity index (χ2v) is 5.57. The smallest absolute Gasteiger partial charge is 0.356 e. The summed E-state index contributed by atoms with van der Waals surface area (Å²) in [4.78, 5) is 9.76. The van der Waals surface area contributed by atoms with Gasteiger partial charge in [-0.05, 0) is 6.42 Å². The molecule has 4 nitrogen and oxygen atoms in total. The third kappa shape index (κ3) is 7.12. The Balaban J connectivity index is 0.00000441. The van der Waals surface area contributed by atoms with Gasteiger partial charge in [-0.15, -0.1) is 35.3 Å². The Labute approximate surface area is 150 Å². The number of alkyl halides is 3. The highest BCUT2D eigenvalue weighted by Gasteiger charge is 2.33. The van der Waals surface area contributed by atoms with Crippen LogP contribution in [0.25, 0.3) is 0 Å². The number of thiazole rings is 1. The first kappa shape index (κ1) is 21.4. The number of halogens is 4. The minimum Gasteiger partial charge on any atom is -0.356 e. The molecule has 0 saturated carbocycles. The van der Waals surface area contributed by atoms with E-state index in [0.29, 0.717) is 18.0 Å². The Morgan fingerprint density at radius 3 is 2.64 bits per heavy atom. The normalized spacial score (nSPS) is 12.0. The maximum absolute atomic E-state index is 12.4. The van der Waals surface area contributed by atoms with Gasteiger partial charge in [-0.1, -0.05) is 13.3 Å². The molecule has 0 spiro atoms. The zero-order chi connectivity index (χ0) is 15.9. The number of rotatable bonds is 6. The van der Waals surface area contributed by atoms with Crippen molar-refractivity contribution >= 4 is 41.3 Å². The van der Waals surface area contributed by atoms with Gasteiger partial charge in [-0.2, -0.15) is 13.2 Å². The molecule has 22 heavy (non-hydrogen) atoms. The lowest BCUT2D eigenvalue weighted by Gasteiger charge is -2.21. The molecule has 1 aromatic rings. The highest BCUT2D eigenvalue weighted by molar-refractivity contribution is 14.0. The van der Waals surface area contributed by atoms with Crippen LogP contribution in [0.4, 0.5) is 13.2 Å². The number of nitrogens with zero attached hydrogens (tertiary/aromatic N) is 3. The van der Waals surface area contributed by atoms with Crippen LogP contribution in [0.2, 0.25) is 0 Å². The van der Waals surface area contributed by atoms with E-state index in [2.05, 4.69) is 22.2 Å². The summed E-state index contributed by atoms with van der Waals surface area (Å²) in [6, 6.07) is 0. The number of unbranched alkanes of at least 4 members (excludes halogenated alkanes) is 1. The molecule has 128 valence electrons. The zero-order valence-electron chi connectivity index (χ0n) is 12.9. The molecule has 0 aromatic carbocycles. The fourth-order valence-corrected chi connectivity index (χ4v) is 2.53. The van der Waals surface area contributed by atoms with Gasteiger partial charge < -0.3 is 10.2 Å². The van der Waals surface area contributed by atoms with Gasteiger partial charge in [0.25, 0.3) is 0 Å². The molecule has 9 heteroatoms. The largest absolute Gasteiger partial charge is 0.434 e. The minimum atomic E-state index is -4.36. The highest BCUT2D eigenvalue weighted by Crippen LogP contribution is 2.29. The summed E-state index contributed by atoms with van der Waals surface area (Å²) < 4.78 is 37.3. The number of nitrogens with one attached hydrogen (secondary N) is 1. The van der Waals surface area contributed by atoms with Crippen molar-refractivity contribution in [2.45, 2.75) is 32.4 Å². The zero-order valence-corrected chi connectivity index (χ0v) is 16.1. The molecule has 0 fully saturated rings. The van der Waals surface area contributed by atoms with Gasteiger partial charge >= 0.3 is 6.18 Å². The lowest BCUT2D eigenvalue weighted by atomic mass is 10.3. The lowest BCUT2D eigenvalue weighted by molar-refractivity contribution is -0.140.